The average molecular weight is 227 g/mol. The van der Waals surface area contributed by atoms with Crippen LogP contribution in [0.25, 0.3) is 10.9 Å². The van der Waals surface area contributed by atoms with Gasteiger partial charge in [0.25, 0.3) is 0 Å². The highest BCUT2D eigenvalue weighted by atomic mass is 16.5. The van der Waals surface area contributed by atoms with Gasteiger partial charge in [-0.15, -0.1) is 0 Å². The Morgan fingerprint density at radius 2 is 2.18 bits per heavy atom. The van der Waals surface area contributed by atoms with Crippen molar-refractivity contribution >= 4 is 16.9 Å². The number of hydrogen-bond donors (Lipinski definition) is 0. The van der Waals surface area contributed by atoms with E-state index in [1.54, 1.807) is 0 Å². The number of fused-ring (bicyclic) bond motifs is 1. The lowest BCUT2D eigenvalue weighted by atomic mass is 10.0. The SMILES string of the molecule is Cc1ccc2cc(C3CCC(=O)O3)ccc2n1. The van der Waals surface area contributed by atoms with Crippen molar-refractivity contribution in [1.29, 1.82) is 0 Å². The van der Waals surface area contributed by atoms with Crippen LogP contribution in [0.15, 0.2) is 30.3 Å². The van der Waals surface area contributed by atoms with E-state index < -0.39 is 0 Å². The van der Waals surface area contributed by atoms with Crippen molar-refractivity contribution in [3.8, 4) is 0 Å². The standard InChI is InChI=1S/C14H13NO2/c1-9-2-3-10-8-11(4-5-12(10)15-9)13-6-7-14(16)17-13/h2-5,8,13H,6-7H2,1H3. The number of nitrogens with zero attached hydrogens (tertiary/aromatic N) is 1. The predicted octanol–water partition coefficient (Wildman–Crippen LogP) is 2.92. The molecule has 1 aliphatic heterocycles. The molecule has 1 saturated heterocycles. The molecule has 1 aromatic heterocycles. The molecule has 0 bridgehead atoms. The molecule has 2 heterocycles. The van der Waals surface area contributed by atoms with Gasteiger partial charge in [0.1, 0.15) is 6.10 Å². The number of aromatic nitrogens is 1. The minimum Gasteiger partial charge on any atom is -0.457 e. The minimum atomic E-state index is -0.0999. The molecule has 2 aromatic rings. The second kappa shape index (κ2) is 3.84. The summed E-state index contributed by atoms with van der Waals surface area (Å²) >= 11 is 0. The fourth-order valence-electron chi connectivity index (χ4n) is 2.21. The third kappa shape index (κ3) is 1.88. The molecule has 86 valence electrons. The minimum absolute atomic E-state index is 0.0757. The zero-order valence-corrected chi connectivity index (χ0v) is 9.64. The molecule has 3 heteroatoms. The van der Waals surface area contributed by atoms with Crippen molar-refractivity contribution in [1.82, 2.24) is 4.98 Å². The summed E-state index contributed by atoms with van der Waals surface area (Å²) in [6.07, 6.45) is 1.23. The van der Waals surface area contributed by atoms with Crippen LogP contribution < -0.4 is 0 Å². The van der Waals surface area contributed by atoms with Gasteiger partial charge in [-0.3, -0.25) is 9.78 Å². The summed E-state index contributed by atoms with van der Waals surface area (Å²) in [6, 6.07) is 10.1. The van der Waals surface area contributed by atoms with Gasteiger partial charge in [0.2, 0.25) is 0 Å². The molecule has 1 atom stereocenters. The van der Waals surface area contributed by atoms with Crippen LogP contribution in [-0.4, -0.2) is 11.0 Å². The number of hydrogen-bond acceptors (Lipinski definition) is 3. The number of pyridine rings is 1. The molecule has 0 aliphatic carbocycles. The molecule has 0 radical (unpaired) electrons. The van der Waals surface area contributed by atoms with Crippen LogP contribution in [0.2, 0.25) is 0 Å². The Hall–Kier alpha value is -1.90. The second-order valence-corrected chi connectivity index (χ2v) is 4.42. The molecule has 3 rings (SSSR count). The number of rotatable bonds is 1. The van der Waals surface area contributed by atoms with Crippen LogP contribution in [0.4, 0.5) is 0 Å². The van der Waals surface area contributed by atoms with Crippen LogP contribution in [0.5, 0.6) is 0 Å². The van der Waals surface area contributed by atoms with E-state index in [0.717, 1.165) is 28.6 Å². The van der Waals surface area contributed by atoms with Gasteiger partial charge in [-0.05, 0) is 37.1 Å². The molecule has 1 aliphatic rings. The summed E-state index contributed by atoms with van der Waals surface area (Å²) in [5, 5.41) is 1.09. The summed E-state index contributed by atoms with van der Waals surface area (Å²) in [6.45, 7) is 1.98. The highest BCUT2D eigenvalue weighted by Gasteiger charge is 2.24. The van der Waals surface area contributed by atoms with E-state index in [2.05, 4.69) is 17.1 Å². The maximum atomic E-state index is 11.1. The highest BCUT2D eigenvalue weighted by molar-refractivity contribution is 5.80. The molecule has 1 fully saturated rings. The van der Waals surface area contributed by atoms with Crippen molar-refractivity contribution in [2.24, 2.45) is 0 Å². The smallest absolute Gasteiger partial charge is 0.306 e. The first-order valence-corrected chi connectivity index (χ1v) is 5.79. The maximum Gasteiger partial charge on any atom is 0.306 e. The van der Waals surface area contributed by atoms with E-state index in [1.807, 2.05) is 25.1 Å². The lowest BCUT2D eigenvalue weighted by molar-refractivity contribution is -0.141. The van der Waals surface area contributed by atoms with Crippen LogP contribution >= 0.6 is 0 Å². The van der Waals surface area contributed by atoms with Gasteiger partial charge in [0, 0.05) is 17.5 Å². The molecular formula is C14H13NO2. The van der Waals surface area contributed by atoms with Gasteiger partial charge < -0.3 is 4.74 Å². The Kier molecular flexibility index (Phi) is 2.32. The summed E-state index contributed by atoms with van der Waals surface area (Å²) in [7, 11) is 0. The normalized spacial score (nSPS) is 19.6. The number of benzene rings is 1. The van der Waals surface area contributed by atoms with Crippen LogP contribution in [0.1, 0.15) is 30.2 Å². The predicted molar refractivity (Wildman–Crippen MR) is 64.5 cm³/mol. The Balaban J connectivity index is 2.02. The zero-order valence-electron chi connectivity index (χ0n) is 9.64. The van der Waals surface area contributed by atoms with E-state index in [1.165, 1.54) is 0 Å². The number of esters is 1. The summed E-state index contributed by atoms with van der Waals surface area (Å²) in [5.41, 5.74) is 3.06. The molecule has 1 unspecified atom stereocenters. The second-order valence-electron chi connectivity index (χ2n) is 4.42. The van der Waals surface area contributed by atoms with Gasteiger partial charge in [0.05, 0.1) is 5.52 Å². The van der Waals surface area contributed by atoms with Crippen molar-refractivity contribution in [3.63, 3.8) is 0 Å². The first-order valence-electron chi connectivity index (χ1n) is 5.79. The number of carbonyl (C=O) groups is 1. The number of aryl methyl sites for hydroxylation is 1. The average Bonchev–Trinajstić information content (AvgIpc) is 2.75. The van der Waals surface area contributed by atoms with Gasteiger partial charge in [-0.2, -0.15) is 0 Å². The molecular weight excluding hydrogens is 214 g/mol. The monoisotopic (exact) mass is 227 g/mol. The van der Waals surface area contributed by atoms with E-state index in [0.29, 0.717) is 6.42 Å². The molecule has 0 spiro atoms. The Bertz CT molecular complexity index is 592. The molecule has 0 saturated carbocycles. The van der Waals surface area contributed by atoms with Gasteiger partial charge in [-0.1, -0.05) is 12.1 Å². The Morgan fingerprint density at radius 1 is 1.29 bits per heavy atom. The lowest BCUT2D eigenvalue weighted by Crippen LogP contribution is -1.98. The van der Waals surface area contributed by atoms with E-state index in [4.69, 9.17) is 4.74 Å². The van der Waals surface area contributed by atoms with Crippen LogP contribution in [-0.2, 0) is 9.53 Å². The van der Waals surface area contributed by atoms with Gasteiger partial charge >= 0.3 is 5.97 Å². The van der Waals surface area contributed by atoms with E-state index >= 15 is 0 Å². The zero-order chi connectivity index (χ0) is 11.8. The summed E-state index contributed by atoms with van der Waals surface area (Å²) in [5.74, 6) is -0.0999. The number of carbonyl (C=O) groups excluding carboxylic acids is 1. The molecule has 0 N–H and O–H groups in total. The molecule has 1 aromatic carbocycles. The van der Waals surface area contributed by atoms with Crippen molar-refractivity contribution in [2.45, 2.75) is 25.9 Å². The largest absolute Gasteiger partial charge is 0.457 e. The number of cyclic esters (lactones) is 1. The first kappa shape index (κ1) is 10.3. The van der Waals surface area contributed by atoms with Crippen molar-refractivity contribution in [2.75, 3.05) is 0 Å². The van der Waals surface area contributed by atoms with Crippen LogP contribution in [0, 0.1) is 6.92 Å². The lowest BCUT2D eigenvalue weighted by Gasteiger charge is -2.10. The third-order valence-electron chi connectivity index (χ3n) is 3.11. The third-order valence-corrected chi connectivity index (χ3v) is 3.11. The topological polar surface area (TPSA) is 39.2 Å². The van der Waals surface area contributed by atoms with E-state index in [9.17, 15) is 4.79 Å². The fraction of sp³-hybridized carbons (Fsp3) is 0.286. The first-order chi connectivity index (χ1) is 8.22. The molecule has 0 amide bonds. The highest BCUT2D eigenvalue weighted by Crippen LogP contribution is 2.30. The summed E-state index contributed by atoms with van der Waals surface area (Å²) < 4.78 is 5.26. The number of ether oxygens (including phenoxy) is 1. The quantitative estimate of drug-likeness (QED) is 0.703. The van der Waals surface area contributed by atoms with Crippen LogP contribution in [0.3, 0.4) is 0 Å². The van der Waals surface area contributed by atoms with Crippen molar-refractivity contribution < 1.29 is 9.53 Å². The Morgan fingerprint density at radius 3 is 2.94 bits per heavy atom. The Labute approximate surface area is 99.4 Å². The molecule has 3 nitrogen and oxygen atoms in total. The fourth-order valence-corrected chi connectivity index (χ4v) is 2.21. The van der Waals surface area contributed by atoms with Gasteiger partial charge in [-0.25, -0.2) is 0 Å². The van der Waals surface area contributed by atoms with E-state index in [-0.39, 0.29) is 12.1 Å². The van der Waals surface area contributed by atoms with Crippen molar-refractivity contribution in [3.05, 3.63) is 41.6 Å². The molecule has 17 heavy (non-hydrogen) atoms. The summed E-state index contributed by atoms with van der Waals surface area (Å²) in [4.78, 5) is 15.6. The van der Waals surface area contributed by atoms with Gasteiger partial charge in [0.15, 0.2) is 0 Å². The maximum absolute atomic E-state index is 11.1.